The molecule has 0 heterocycles. The van der Waals surface area contributed by atoms with Gasteiger partial charge in [-0.25, -0.2) is 8.78 Å². The van der Waals surface area contributed by atoms with E-state index in [1.165, 1.54) is 12.1 Å². The molecule has 0 spiro atoms. The minimum absolute atomic E-state index is 0.0115. The lowest BCUT2D eigenvalue weighted by atomic mass is 10.0. The molecule has 0 amide bonds. The summed E-state index contributed by atoms with van der Waals surface area (Å²) in [6.07, 6.45) is -2.46. The van der Waals surface area contributed by atoms with E-state index in [-0.39, 0.29) is 5.56 Å². The molecule has 0 aliphatic heterocycles. The Labute approximate surface area is 97.5 Å². The van der Waals surface area contributed by atoms with Gasteiger partial charge in [0.2, 0.25) is 0 Å². The first-order valence-electron chi connectivity index (χ1n) is 4.81. The average molecular weight is 239 g/mol. The van der Waals surface area contributed by atoms with Crippen LogP contribution in [-0.4, -0.2) is 0 Å². The van der Waals surface area contributed by atoms with Gasteiger partial charge in [0.25, 0.3) is 6.43 Å². The maximum Gasteiger partial charge on any atom is 0.263 e. The Morgan fingerprint density at radius 1 is 0.938 bits per heavy atom. The van der Waals surface area contributed by atoms with Gasteiger partial charge in [-0.3, -0.25) is 0 Å². The third kappa shape index (κ3) is 2.22. The fourth-order valence-corrected chi connectivity index (χ4v) is 1.78. The zero-order chi connectivity index (χ0) is 11.5. The molecular weight excluding hydrogens is 230 g/mol. The summed E-state index contributed by atoms with van der Waals surface area (Å²) in [7, 11) is 0. The van der Waals surface area contributed by atoms with Crippen LogP contribution in [0.3, 0.4) is 0 Å². The van der Waals surface area contributed by atoms with Crippen molar-refractivity contribution in [2.24, 2.45) is 0 Å². The van der Waals surface area contributed by atoms with Crippen LogP contribution in [0.4, 0.5) is 8.78 Å². The lowest BCUT2D eigenvalue weighted by Gasteiger charge is -2.06. The molecule has 2 aromatic rings. The van der Waals surface area contributed by atoms with Crippen LogP contribution < -0.4 is 0 Å². The van der Waals surface area contributed by atoms with Gasteiger partial charge in [0.05, 0.1) is 0 Å². The Bertz CT molecular complexity index is 495. The fourth-order valence-electron chi connectivity index (χ4n) is 1.54. The summed E-state index contributed by atoms with van der Waals surface area (Å²) in [6.45, 7) is 0. The number of hydrogen-bond donors (Lipinski definition) is 0. The largest absolute Gasteiger partial charge is 0.263 e. The van der Waals surface area contributed by atoms with Crippen molar-refractivity contribution in [1.82, 2.24) is 0 Å². The highest BCUT2D eigenvalue weighted by atomic mass is 35.5. The fraction of sp³-hybridized carbons (Fsp3) is 0.0769. The molecule has 0 saturated carbocycles. The molecule has 0 aliphatic carbocycles. The van der Waals surface area contributed by atoms with Crippen molar-refractivity contribution in [3.05, 3.63) is 59.1 Å². The quantitative estimate of drug-likeness (QED) is 0.695. The first kappa shape index (κ1) is 11.1. The summed E-state index contributed by atoms with van der Waals surface area (Å²) in [5.74, 6) is 0. The predicted molar refractivity (Wildman–Crippen MR) is 61.8 cm³/mol. The van der Waals surface area contributed by atoms with Gasteiger partial charge in [-0.1, -0.05) is 48.0 Å². The second-order valence-electron chi connectivity index (χ2n) is 3.41. The molecule has 0 radical (unpaired) electrons. The van der Waals surface area contributed by atoms with Crippen molar-refractivity contribution < 1.29 is 8.78 Å². The van der Waals surface area contributed by atoms with Gasteiger partial charge < -0.3 is 0 Å². The number of halogens is 3. The third-order valence-corrected chi connectivity index (χ3v) is 2.65. The monoisotopic (exact) mass is 238 g/mol. The van der Waals surface area contributed by atoms with Crippen LogP contribution >= 0.6 is 11.6 Å². The molecule has 2 aromatic carbocycles. The maximum absolute atomic E-state index is 12.5. The highest BCUT2D eigenvalue weighted by Crippen LogP contribution is 2.30. The minimum Gasteiger partial charge on any atom is -0.205 e. The van der Waals surface area contributed by atoms with Gasteiger partial charge >= 0.3 is 0 Å². The Balaban J connectivity index is 2.49. The highest BCUT2D eigenvalue weighted by Gasteiger charge is 2.09. The SMILES string of the molecule is FC(F)c1cccc(-c2ccccc2Cl)c1. The molecule has 0 bridgehead atoms. The number of hydrogen-bond acceptors (Lipinski definition) is 0. The zero-order valence-electron chi connectivity index (χ0n) is 8.33. The van der Waals surface area contributed by atoms with Crippen molar-refractivity contribution in [3.8, 4) is 11.1 Å². The zero-order valence-corrected chi connectivity index (χ0v) is 9.09. The van der Waals surface area contributed by atoms with Crippen molar-refractivity contribution >= 4 is 11.6 Å². The Kier molecular flexibility index (Phi) is 3.20. The first-order valence-corrected chi connectivity index (χ1v) is 5.19. The van der Waals surface area contributed by atoms with Gasteiger partial charge in [-0.05, 0) is 17.7 Å². The summed E-state index contributed by atoms with van der Waals surface area (Å²) >= 11 is 6.00. The van der Waals surface area contributed by atoms with E-state index in [1.807, 2.05) is 18.2 Å². The van der Waals surface area contributed by atoms with Crippen molar-refractivity contribution in [2.75, 3.05) is 0 Å². The van der Waals surface area contributed by atoms with E-state index in [4.69, 9.17) is 11.6 Å². The summed E-state index contributed by atoms with van der Waals surface area (Å²) in [6, 6.07) is 13.4. The molecule has 16 heavy (non-hydrogen) atoms. The van der Waals surface area contributed by atoms with E-state index in [1.54, 1.807) is 18.2 Å². The molecule has 0 aromatic heterocycles. The van der Waals surface area contributed by atoms with Crippen LogP contribution in [-0.2, 0) is 0 Å². The van der Waals surface area contributed by atoms with Gasteiger partial charge in [-0.2, -0.15) is 0 Å². The summed E-state index contributed by atoms with van der Waals surface area (Å²) in [5.41, 5.74) is 1.49. The van der Waals surface area contributed by atoms with E-state index in [2.05, 4.69) is 0 Å². The Morgan fingerprint density at radius 2 is 1.69 bits per heavy atom. The molecule has 0 unspecified atom stereocenters. The van der Waals surface area contributed by atoms with Crippen molar-refractivity contribution in [2.45, 2.75) is 6.43 Å². The van der Waals surface area contributed by atoms with Crippen LogP contribution in [0.5, 0.6) is 0 Å². The number of rotatable bonds is 2. The summed E-state index contributed by atoms with van der Waals surface area (Å²) in [4.78, 5) is 0. The van der Waals surface area contributed by atoms with Crippen molar-refractivity contribution in [3.63, 3.8) is 0 Å². The smallest absolute Gasteiger partial charge is 0.205 e. The lowest BCUT2D eigenvalue weighted by molar-refractivity contribution is 0.151. The standard InChI is InChI=1S/C13H9ClF2/c14-12-7-2-1-6-11(12)9-4-3-5-10(8-9)13(15)16/h1-8,13H. The molecule has 0 fully saturated rings. The second-order valence-corrected chi connectivity index (χ2v) is 3.81. The third-order valence-electron chi connectivity index (χ3n) is 2.32. The Hall–Kier alpha value is -1.41. The first-order chi connectivity index (χ1) is 7.68. The van der Waals surface area contributed by atoms with Gasteiger partial charge in [-0.15, -0.1) is 0 Å². The highest BCUT2D eigenvalue weighted by molar-refractivity contribution is 6.33. The van der Waals surface area contributed by atoms with E-state index >= 15 is 0 Å². The normalized spacial score (nSPS) is 10.8. The second kappa shape index (κ2) is 4.62. The molecule has 82 valence electrons. The van der Waals surface area contributed by atoms with Crippen LogP contribution in [0.25, 0.3) is 11.1 Å². The molecular formula is C13H9ClF2. The number of alkyl halides is 2. The minimum atomic E-state index is -2.46. The lowest BCUT2D eigenvalue weighted by Crippen LogP contribution is -1.85. The van der Waals surface area contributed by atoms with Crippen LogP contribution in [0.1, 0.15) is 12.0 Å². The predicted octanol–water partition coefficient (Wildman–Crippen LogP) is 4.94. The molecule has 0 N–H and O–H groups in total. The topological polar surface area (TPSA) is 0 Å². The van der Waals surface area contributed by atoms with E-state index < -0.39 is 6.43 Å². The van der Waals surface area contributed by atoms with E-state index in [0.29, 0.717) is 10.6 Å². The Morgan fingerprint density at radius 3 is 2.38 bits per heavy atom. The molecule has 0 aliphatic rings. The number of benzene rings is 2. The molecule has 0 atom stereocenters. The van der Waals surface area contributed by atoms with Gasteiger partial charge in [0, 0.05) is 16.1 Å². The van der Waals surface area contributed by atoms with Crippen LogP contribution in [0, 0.1) is 0 Å². The summed E-state index contributed by atoms with van der Waals surface area (Å²) < 4.78 is 25.1. The maximum atomic E-state index is 12.5. The average Bonchev–Trinajstić information content (AvgIpc) is 2.30. The van der Waals surface area contributed by atoms with Gasteiger partial charge in [0.15, 0.2) is 0 Å². The van der Waals surface area contributed by atoms with Crippen LogP contribution in [0.15, 0.2) is 48.5 Å². The van der Waals surface area contributed by atoms with E-state index in [0.717, 1.165) is 5.56 Å². The molecule has 0 saturated heterocycles. The van der Waals surface area contributed by atoms with Crippen molar-refractivity contribution in [1.29, 1.82) is 0 Å². The van der Waals surface area contributed by atoms with Crippen LogP contribution in [0.2, 0.25) is 5.02 Å². The molecule has 3 heteroatoms. The molecule has 0 nitrogen and oxygen atoms in total. The van der Waals surface area contributed by atoms with Gasteiger partial charge in [0.1, 0.15) is 0 Å². The molecule has 2 rings (SSSR count). The van der Waals surface area contributed by atoms with E-state index in [9.17, 15) is 8.78 Å². The summed E-state index contributed by atoms with van der Waals surface area (Å²) in [5, 5.41) is 0.564.